The van der Waals surface area contributed by atoms with Gasteiger partial charge in [0.15, 0.2) is 5.83 Å². The van der Waals surface area contributed by atoms with E-state index in [0.29, 0.717) is 11.9 Å². The Labute approximate surface area is 74.2 Å². The summed E-state index contributed by atoms with van der Waals surface area (Å²) in [5, 5.41) is 8.33. The number of nitrogens with zero attached hydrogens (tertiary/aromatic N) is 1. The first-order chi connectivity index (χ1) is 6.12. The number of alkyl halides is 1. The third-order valence-electron chi connectivity index (χ3n) is 1.83. The van der Waals surface area contributed by atoms with Crippen LogP contribution in [0.15, 0.2) is 23.6 Å². The maximum atomic E-state index is 13.2. The van der Waals surface area contributed by atoms with Crippen LogP contribution in [0.5, 0.6) is 0 Å². The topological polar surface area (TPSA) is 40.9 Å². The molecule has 0 aromatic heterocycles. The lowest BCUT2D eigenvalue weighted by Crippen LogP contribution is -2.22. The molecule has 0 bridgehead atoms. The van der Waals surface area contributed by atoms with E-state index in [1.54, 1.807) is 0 Å². The van der Waals surface area contributed by atoms with Crippen LogP contribution in [-0.2, 0) is 4.79 Å². The van der Waals surface area contributed by atoms with Gasteiger partial charge >= 0.3 is 0 Å². The Hall–Kier alpha value is -1.50. The van der Waals surface area contributed by atoms with Gasteiger partial charge in [0.2, 0.25) is 5.67 Å². The van der Waals surface area contributed by atoms with Crippen molar-refractivity contribution in [1.29, 1.82) is 5.26 Å². The van der Waals surface area contributed by atoms with Gasteiger partial charge < -0.3 is 4.79 Å². The Balaban J connectivity index is 2.87. The van der Waals surface area contributed by atoms with Gasteiger partial charge in [0.1, 0.15) is 12.4 Å². The number of carbonyl (C=O) groups excluding carboxylic acids is 1. The van der Waals surface area contributed by atoms with Gasteiger partial charge in [-0.05, 0) is 11.6 Å². The van der Waals surface area contributed by atoms with Crippen molar-refractivity contribution in [2.24, 2.45) is 0 Å². The molecule has 1 atom stereocenters. The number of rotatable bonds is 2. The molecule has 4 heteroatoms. The molecule has 0 aliphatic heterocycles. The number of allylic oxidation sites excluding steroid dienone is 4. The van der Waals surface area contributed by atoms with E-state index in [1.807, 2.05) is 0 Å². The maximum Gasteiger partial charge on any atom is 0.250 e. The molecular formula is C9H7F2NO. The minimum atomic E-state index is -2.54. The molecule has 0 amide bonds. The highest BCUT2D eigenvalue weighted by Crippen LogP contribution is 2.32. The largest absolute Gasteiger partial charge is 0.303 e. The third-order valence-corrected chi connectivity index (χ3v) is 1.83. The Kier molecular flexibility index (Phi) is 2.57. The van der Waals surface area contributed by atoms with Crippen molar-refractivity contribution < 1.29 is 13.6 Å². The average molecular weight is 183 g/mol. The van der Waals surface area contributed by atoms with Crippen molar-refractivity contribution in [2.45, 2.75) is 18.5 Å². The molecule has 13 heavy (non-hydrogen) atoms. The van der Waals surface area contributed by atoms with Crippen LogP contribution in [0.3, 0.4) is 0 Å². The second-order valence-corrected chi connectivity index (χ2v) is 2.76. The van der Waals surface area contributed by atoms with Crippen molar-refractivity contribution in [2.75, 3.05) is 0 Å². The van der Waals surface area contributed by atoms with E-state index in [-0.39, 0.29) is 12.8 Å². The molecule has 2 nitrogen and oxygen atoms in total. The zero-order valence-electron chi connectivity index (χ0n) is 6.76. The van der Waals surface area contributed by atoms with Gasteiger partial charge in [-0.1, -0.05) is 6.08 Å². The molecule has 0 spiro atoms. The van der Waals surface area contributed by atoms with E-state index in [9.17, 15) is 13.6 Å². The molecule has 1 unspecified atom stereocenters. The Bertz CT molecular complexity index is 327. The van der Waals surface area contributed by atoms with Crippen LogP contribution >= 0.6 is 0 Å². The molecule has 0 radical (unpaired) electrons. The summed E-state index contributed by atoms with van der Waals surface area (Å²) in [6.07, 6.45) is 2.60. The highest BCUT2D eigenvalue weighted by Gasteiger charge is 2.36. The lowest BCUT2D eigenvalue weighted by Gasteiger charge is -2.17. The first-order valence-electron chi connectivity index (χ1n) is 3.73. The quantitative estimate of drug-likeness (QED) is 0.614. The molecule has 1 aliphatic carbocycles. The van der Waals surface area contributed by atoms with Crippen LogP contribution in [0.1, 0.15) is 12.8 Å². The molecular weight excluding hydrogens is 176 g/mol. The van der Waals surface area contributed by atoms with Crippen LogP contribution in [0, 0.1) is 11.3 Å². The predicted molar refractivity (Wildman–Crippen MR) is 42.0 cm³/mol. The van der Waals surface area contributed by atoms with Crippen molar-refractivity contribution in [3.63, 3.8) is 0 Å². The Morgan fingerprint density at radius 1 is 1.77 bits per heavy atom. The average Bonchev–Trinajstić information content (AvgIpc) is 2.12. The Morgan fingerprint density at radius 3 is 2.92 bits per heavy atom. The third kappa shape index (κ3) is 1.81. The van der Waals surface area contributed by atoms with Crippen LogP contribution in [0.4, 0.5) is 8.78 Å². The first-order valence-corrected chi connectivity index (χ1v) is 3.73. The van der Waals surface area contributed by atoms with E-state index in [2.05, 4.69) is 0 Å². The fourth-order valence-electron chi connectivity index (χ4n) is 1.04. The summed E-state index contributed by atoms with van der Waals surface area (Å²) < 4.78 is 26.1. The van der Waals surface area contributed by atoms with E-state index in [0.717, 1.165) is 6.08 Å². The molecule has 0 fully saturated rings. The number of aldehydes is 1. The molecule has 0 heterocycles. The van der Waals surface area contributed by atoms with Crippen LogP contribution < -0.4 is 0 Å². The Morgan fingerprint density at radius 2 is 2.46 bits per heavy atom. The van der Waals surface area contributed by atoms with Crippen molar-refractivity contribution in [1.82, 2.24) is 0 Å². The maximum absolute atomic E-state index is 13.2. The van der Waals surface area contributed by atoms with Crippen LogP contribution in [0.25, 0.3) is 0 Å². The molecule has 1 aliphatic rings. The smallest absolute Gasteiger partial charge is 0.250 e. The van der Waals surface area contributed by atoms with Gasteiger partial charge in [-0.25, -0.2) is 8.78 Å². The number of nitriles is 1. The minimum Gasteiger partial charge on any atom is -0.303 e. The standard InChI is InChI=1S/C9H7F2NO/c10-8-5-7(2-4-13)1-3-9(8,11)6-12/h1,4-5H,2-3H2. The normalized spacial score (nSPS) is 27.2. The number of carbonyl (C=O) groups is 1. The molecule has 0 saturated carbocycles. The van der Waals surface area contributed by atoms with Gasteiger partial charge in [0.25, 0.3) is 0 Å². The SMILES string of the molecule is N#CC1(F)CC=C(CC=O)C=C1F. The minimum absolute atomic E-state index is 0.0505. The summed E-state index contributed by atoms with van der Waals surface area (Å²) in [7, 11) is 0. The van der Waals surface area contributed by atoms with Crippen molar-refractivity contribution in [3.8, 4) is 6.07 Å². The van der Waals surface area contributed by atoms with Crippen molar-refractivity contribution in [3.05, 3.63) is 23.6 Å². The zero-order valence-corrected chi connectivity index (χ0v) is 6.76. The number of hydrogen-bond donors (Lipinski definition) is 0. The lowest BCUT2D eigenvalue weighted by molar-refractivity contribution is -0.107. The predicted octanol–water partition coefficient (Wildman–Crippen LogP) is 1.99. The van der Waals surface area contributed by atoms with Gasteiger partial charge in [-0.3, -0.25) is 0 Å². The van der Waals surface area contributed by atoms with Gasteiger partial charge in [0.05, 0.1) is 0 Å². The monoisotopic (exact) mass is 183 g/mol. The lowest BCUT2D eigenvalue weighted by atomic mass is 9.93. The van der Waals surface area contributed by atoms with Crippen LogP contribution in [-0.4, -0.2) is 12.0 Å². The fraction of sp³-hybridized carbons (Fsp3) is 0.333. The molecule has 1 rings (SSSR count). The zero-order chi connectivity index (χ0) is 9.90. The summed E-state index contributed by atoms with van der Waals surface area (Å²) in [4.78, 5) is 10.1. The summed E-state index contributed by atoms with van der Waals surface area (Å²) in [5.41, 5.74) is -2.12. The van der Waals surface area contributed by atoms with E-state index in [1.165, 1.54) is 12.1 Å². The first kappa shape index (κ1) is 9.59. The number of hydrogen-bond acceptors (Lipinski definition) is 2. The van der Waals surface area contributed by atoms with Gasteiger partial charge in [-0.15, -0.1) is 0 Å². The summed E-state index contributed by atoms with van der Waals surface area (Å²) in [5.74, 6) is -1.12. The van der Waals surface area contributed by atoms with E-state index in [4.69, 9.17) is 5.26 Å². The van der Waals surface area contributed by atoms with E-state index < -0.39 is 11.5 Å². The number of halogens is 2. The van der Waals surface area contributed by atoms with Crippen molar-refractivity contribution >= 4 is 6.29 Å². The van der Waals surface area contributed by atoms with Gasteiger partial charge in [0, 0.05) is 12.8 Å². The highest BCUT2D eigenvalue weighted by atomic mass is 19.2. The second kappa shape index (κ2) is 3.48. The molecule has 68 valence electrons. The molecule has 0 N–H and O–H groups in total. The van der Waals surface area contributed by atoms with Gasteiger partial charge in [-0.2, -0.15) is 5.26 Å². The molecule has 0 saturated heterocycles. The van der Waals surface area contributed by atoms with Crippen LogP contribution in [0.2, 0.25) is 0 Å². The highest BCUT2D eigenvalue weighted by molar-refractivity contribution is 5.57. The fourth-order valence-corrected chi connectivity index (χ4v) is 1.04. The molecule has 0 aromatic rings. The van der Waals surface area contributed by atoms with E-state index >= 15 is 0 Å². The molecule has 0 aromatic carbocycles. The summed E-state index contributed by atoms with van der Waals surface area (Å²) in [6.45, 7) is 0. The second-order valence-electron chi connectivity index (χ2n) is 2.76. The summed E-state index contributed by atoms with van der Waals surface area (Å²) >= 11 is 0. The summed E-state index contributed by atoms with van der Waals surface area (Å²) in [6, 6.07) is 1.25.